The zero-order chi connectivity index (χ0) is 32.6. The fraction of sp³-hybridized carbons (Fsp3) is 0.368. The van der Waals surface area contributed by atoms with Crippen LogP contribution in [-0.2, 0) is 24.6 Å². The molecule has 0 unspecified atom stereocenters. The van der Waals surface area contributed by atoms with Gasteiger partial charge < -0.3 is 5.11 Å². The molecule has 3 aromatic rings. The third-order valence-corrected chi connectivity index (χ3v) is 12.2. The maximum atomic E-state index is 15.3. The predicted octanol–water partition coefficient (Wildman–Crippen LogP) is 7.30. The van der Waals surface area contributed by atoms with Crippen molar-refractivity contribution in [2.24, 2.45) is 23.7 Å². The summed E-state index contributed by atoms with van der Waals surface area (Å²) in [5.41, 5.74) is 0.942. The van der Waals surface area contributed by atoms with Gasteiger partial charge in [-0.3, -0.25) is 24.1 Å². The first-order valence-corrected chi connectivity index (χ1v) is 17.6. The van der Waals surface area contributed by atoms with Crippen LogP contribution in [0.1, 0.15) is 62.0 Å². The van der Waals surface area contributed by atoms with Crippen LogP contribution in [0.3, 0.4) is 0 Å². The van der Waals surface area contributed by atoms with E-state index in [0.717, 1.165) is 37.7 Å². The van der Waals surface area contributed by atoms with Crippen molar-refractivity contribution in [2.75, 3.05) is 4.90 Å². The van der Waals surface area contributed by atoms with Crippen LogP contribution in [0.5, 0.6) is 5.75 Å². The Morgan fingerprint density at radius 3 is 2.34 bits per heavy atom. The minimum Gasteiger partial charge on any atom is -0.508 e. The lowest BCUT2D eigenvalue weighted by atomic mass is 9.49. The number of anilines is 1. The molecule has 4 amide bonds. The molecule has 0 aromatic heterocycles. The highest BCUT2D eigenvalue weighted by molar-refractivity contribution is 9.10. The van der Waals surface area contributed by atoms with Gasteiger partial charge in [-0.15, -0.1) is 0 Å². The molecule has 0 radical (unpaired) electrons. The van der Waals surface area contributed by atoms with Gasteiger partial charge in [-0.25, -0.2) is 4.90 Å². The zero-order valence-corrected chi connectivity index (χ0v) is 28.0. The van der Waals surface area contributed by atoms with E-state index in [0.29, 0.717) is 32.7 Å². The van der Waals surface area contributed by atoms with E-state index < -0.39 is 40.9 Å². The largest absolute Gasteiger partial charge is 0.508 e. The van der Waals surface area contributed by atoms with Crippen LogP contribution in [-0.4, -0.2) is 39.7 Å². The number of phenols is 1. The molecule has 7 nitrogen and oxygen atoms in total. The molecule has 240 valence electrons. The maximum Gasteiger partial charge on any atom is 0.246 e. The molecule has 5 aliphatic rings. The summed E-state index contributed by atoms with van der Waals surface area (Å²) in [6, 6.07) is 21.1. The number of fused-ring (bicyclic) bond motifs is 4. The Hall–Kier alpha value is -3.75. The quantitative estimate of drug-likeness (QED) is 0.226. The molecule has 9 heteroatoms. The van der Waals surface area contributed by atoms with Crippen LogP contribution >= 0.6 is 27.5 Å². The number of carbonyl (C=O) groups excluding carboxylic acids is 4. The summed E-state index contributed by atoms with van der Waals surface area (Å²) < 4.78 is 0.709. The number of carbonyl (C=O) groups is 4. The summed E-state index contributed by atoms with van der Waals surface area (Å²) in [5, 5.41) is 11.9. The number of rotatable bonds is 4. The fourth-order valence-corrected chi connectivity index (χ4v) is 10.1. The van der Waals surface area contributed by atoms with Gasteiger partial charge in [0.2, 0.25) is 23.6 Å². The summed E-state index contributed by atoms with van der Waals surface area (Å²) in [4.78, 5) is 61.2. The Balaban J connectivity index is 1.35. The van der Waals surface area contributed by atoms with E-state index in [1.807, 2.05) is 42.5 Å². The third kappa shape index (κ3) is 4.43. The number of benzene rings is 3. The second kappa shape index (κ2) is 11.4. The van der Waals surface area contributed by atoms with Crippen LogP contribution in [0.25, 0.3) is 0 Å². The number of amides is 4. The van der Waals surface area contributed by atoms with Gasteiger partial charge in [0.05, 0.1) is 28.9 Å². The molecule has 2 saturated heterocycles. The van der Waals surface area contributed by atoms with Gasteiger partial charge in [0.25, 0.3) is 0 Å². The smallest absolute Gasteiger partial charge is 0.246 e. The highest BCUT2D eigenvalue weighted by Crippen LogP contribution is 2.65. The molecule has 8 rings (SSSR count). The van der Waals surface area contributed by atoms with Crippen molar-refractivity contribution in [1.82, 2.24) is 4.90 Å². The molecule has 1 N–H and O–H groups in total. The average molecular weight is 714 g/mol. The van der Waals surface area contributed by atoms with E-state index in [4.69, 9.17) is 11.6 Å². The van der Waals surface area contributed by atoms with Crippen molar-refractivity contribution in [1.29, 1.82) is 0 Å². The Bertz CT molecular complexity index is 1860. The number of aromatic hydroxyl groups is 1. The summed E-state index contributed by atoms with van der Waals surface area (Å²) in [7, 11) is 0. The SMILES string of the molecule is O=C1[C@@H]2C[C@@H]3C(=CC[C@@H]4C(=O)N(C5CCCCC5)C(=O)[C@@H]43)[C@H](c3cc(Br)ccc3O)[C@]2(c2ccccc2)C(=O)N1c1cccc(Cl)c1. The number of nitrogens with zero attached hydrogens (tertiary/aromatic N) is 2. The number of halogens is 2. The fourth-order valence-electron chi connectivity index (χ4n) is 9.57. The lowest BCUT2D eigenvalue weighted by Gasteiger charge is -2.50. The Labute approximate surface area is 286 Å². The second-order valence-corrected chi connectivity index (χ2v) is 15.0. The molecule has 6 atom stereocenters. The van der Waals surface area contributed by atoms with E-state index >= 15 is 4.79 Å². The van der Waals surface area contributed by atoms with Gasteiger partial charge in [0.1, 0.15) is 5.75 Å². The first kappa shape index (κ1) is 30.6. The highest BCUT2D eigenvalue weighted by atomic mass is 79.9. The normalized spacial score (nSPS) is 30.7. The van der Waals surface area contributed by atoms with Gasteiger partial charge in [-0.2, -0.15) is 0 Å². The van der Waals surface area contributed by atoms with Crippen molar-refractivity contribution >= 4 is 56.8 Å². The molecule has 4 fully saturated rings. The lowest BCUT2D eigenvalue weighted by molar-refractivity contribution is -0.143. The van der Waals surface area contributed by atoms with E-state index in [9.17, 15) is 19.5 Å². The van der Waals surface area contributed by atoms with Crippen LogP contribution in [0, 0.1) is 23.7 Å². The Morgan fingerprint density at radius 2 is 1.60 bits per heavy atom. The van der Waals surface area contributed by atoms with Gasteiger partial charge in [0.15, 0.2) is 0 Å². The zero-order valence-electron chi connectivity index (χ0n) is 25.6. The van der Waals surface area contributed by atoms with E-state index in [2.05, 4.69) is 15.9 Å². The first-order valence-electron chi connectivity index (χ1n) is 16.5. The van der Waals surface area contributed by atoms with Crippen molar-refractivity contribution in [3.05, 3.63) is 105 Å². The number of hydrogen-bond acceptors (Lipinski definition) is 5. The average Bonchev–Trinajstić information content (AvgIpc) is 3.47. The van der Waals surface area contributed by atoms with Gasteiger partial charge in [-0.05, 0) is 73.6 Å². The number of phenolic OH excluding ortho intramolecular Hbond substituents is 1. The van der Waals surface area contributed by atoms with Crippen molar-refractivity contribution in [3.63, 3.8) is 0 Å². The highest BCUT2D eigenvalue weighted by Gasteiger charge is 2.70. The van der Waals surface area contributed by atoms with E-state index in [-0.39, 0.29) is 35.9 Å². The molecule has 3 aliphatic carbocycles. The minimum absolute atomic E-state index is 0.00459. The summed E-state index contributed by atoms with van der Waals surface area (Å²) >= 11 is 9.97. The monoisotopic (exact) mass is 712 g/mol. The van der Waals surface area contributed by atoms with Crippen molar-refractivity contribution < 1.29 is 24.3 Å². The second-order valence-electron chi connectivity index (χ2n) is 13.6. The molecule has 2 saturated carbocycles. The molecule has 0 spiro atoms. The van der Waals surface area contributed by atoms with Gasteiger partial charge >= 0.3 is 0 Å². The van der Waals surface area contributed by atoms with Crippen LogP contribution < -0.4 is 4.90 Å². The summed E-state index contributed by atoms with van der Waals surface area (Å²) in [6.07, 6.45) is 7.35. The number of allylic oxidation sites excluding steroid dienone is 2. The minimum atomic E-state index is -1.43. The van der Waals surface area contributed by atoms with Crippen molar-refractivity contribution in [3.8, 4) is 5.75 Å². The molecule has 0 bridgehead atoms. The van der Waals surface area contributed by atoms with Crippen LogP contribution in [0.15, 0.2) is 88.9 Å². The topological polar surface area (TPSA) is 95.0 Å². The molecule has 2 heterocycles. The van der Waals surface area contributed by atoms with Crippen LogP contribution in [0.2, 0.25) is 5.02 Å². The summed E-state index contributed by atoms with van der Waals surface area (Å²) in [5.74, 6) is -4.28. The maximum absolute atomic E-state index is 15.3. The molecule has 2 aliphatic heterocycles. The molecule has 47 heavy (non-hydrogen) atoms. The number of likely N-dealkylation sites (tertiary alicyclic amines) is 1. The lowest BCUT2D eigenvalue weighted by Crippen LogP contribution is -2.53. The van der Waals surface area contributed by atoms with Crippen molar-refractivity contribution in [2.45, 2.75) is 62.3 Å². The Kier molecular flexibility index (Phi) is 7.45. The standard InChI is InChI=1S/C38H34BrClN2O5/c39-22-14-17-31(43)29(18-22)33-26-15-16-27-32(36(46)41(34(27)44)24-11-5-2-6-12-24)28(26)20-30-35(45)42(25-13-7-10-23(40)19-25)37(47)38(30,33)21-8-3-1-4-9-21/h1,3-4,7-10,13-15,17-19,24,27-28,30,32-33,43H,2,5-6,11-12,16,20H2/t27-,28+,30-,32-,33+,38+/m0/s1. The Morgan fingerprint density at radius 1 is 0.830 bits per heavy atom. The van der Waals surface area contributed by atoms with E-state index in [1.54, 1.807) is 41.3 Å². The molecular formula is C38H34BrClN2O5. The van der Waals surface area contributed by atoms with Crippen LogP contribution in [0.4, 0.5) is 5.69 Å². The molecular weight excluding hydrogens is 680 g/mol. The third-order valence-electron chi connectivity index (χ3n) is 11.4. The first-order chi connectivity index (χ1) is 22.7. The predicted molar refractivity (Wildman–Crippen MR) is 181 cm³/mol. The molecule has 3 aromatic carbocycles. The van der Waals surface area contributed by atoms with Gasteiger partial charge in [-0.1, -0.05) is 94.8 Å². The number of hydrogen-bond donors (Lipinski definition) is 1. The van der Waals surface area contributed by atoms with Gasteiger partial charge in [0, 0.05) is 27.0 Å². The van der Waals surface area contributed by atoms with E-state index in [1.165, 1.54) is 4.90 Å². The number of imide groups is 2. The summed E-state index contributed by atoms with van der Waals surface area (Å²) in [6.45, 7) is 0.